The summed E-state index contributed by atoms with van der Waals surface area (Å²) in [5.74, 6) is -0.485. The molecular formula is C11H15FN2O2. The lowest BCUT2D eigenvalue weighted by Crippen LogP contribution is -2.36. The number of aliphatic hydroxyl groups is 1. The third-order valence-electron chi connectivity index (χ3n) is 2.00. The van der Waals surface area contributed by atoms with Gasteiger partial charge in [-0.05, 0) is 19.1 Å². The molecule has 0 saturated carbocycles. The van der Waals surface area contributed by atoms with Gasteiger partial charge < -0.3 is 15.3 Å². The molecule has 0 aliphatic heterocycles. The van der Waals surface area contributed by atoms with Gasteiger partial charge in [-0.2, -0.15) is 0 Å². The van der Waals surface area contributed by atoms with Crippen molar-refractivity contribution in [1.82, 2.24) is 4.90 Å². The summed E-state index contributed by atoms with van der Waals surface area (Å²) in [6.07, 6.45) is -0.614. The number of benzene rings is 1. The molecule has 0 bridgehead atoms. The Morgan fingerprint density at radius 1 is 1.56 bits per heavy atom. The predicted molar refractivity (Wildman–Crippen MR) is 59.7 cm³/mol. The Morgan fingerprint density at radius 2 is 2.19 bits per heavy atom. The monoisotopic (exact) mass is 226 g/mol. The normalized spacial score (nSPS) is 12.0. The van der Waals surface area contributed by atoms with E-state index in [0.29, 0.717) is 0 Å². The zero-order valence-corrected chi connectivity index (χ0v) is 9.27. The Kier molecular flexibility index (Phi) is 4.25. The second-order valence-electron chi connectivity index (χ2n) is 3.64. The first-order valence-corrected chi connectivity index (χ1v) is 4.95. The van der Waals surface area contributed by atoms with Crippen molar-refractivity contribution in [2.24, 2.45) is 0 Å². The smallest absolute Gasteiger partial charge is 0.321 e. The number of anilines is 1. The van der Waals surface area contributed by atoms with Crippen LogP contribution < -0.4 is 5.32 Å². The van der Waals surface area contributed by atoms with Gasteiger partial charge in [-0.25, -0.2) is 9.18 Å². The highest BCUT2D eigenvalue weighted by Crippen LogP contribution is 2.12. The number of rotatable bonds is 3. The van der Waals surface area contributed by atoms with Gasteiger partial charge in [-0.3, -0.25) is 0 Å². The van der Waals surface area contributed by atoms with Crippen LogP contribution in [0.15, 0.2) is 24.3 Å². The molecule has 0 spiro atoms. The van der Waals surface area contributed by atoms with Crippen molar-refractivity contribution < 1.29 is 14.3 Å². The molecule has 0 saturated heterocycles. The molecule has 16 heavy (non-hydrogen) atoms. The Balaban J connectivity index is 2.61. The van der Waals surface area contributed by atoms with Crippen LogP contribution in [0.25, 0.3) is 0 Å². The summed E-state index contributed by atoms with van der Waals surface area (Å²) in [6, 6.07) is 5.47. The minimum Gasteiger partial charge on any atom is -0.392 e. The van der Waals surface area contributed by atoms with E-state index in [2.05, 4.69) is 5.32 Å². The summed E-state index contributed by atoms with van der Waals surface area (Å²) in [5, 5.41) is 11.5. The second kappa shape index (κ2) is 5.46. The average Bonchev–Trinajstić information content (AvgIpc) is 2.20. The minimum absolute atomic E-state index is 0.130. The summed E-state index contributed by atoms with van der Waals surface area (Å²) in [5.41, 5.74) is 0.130. The van der Waals surface area contributed by atoms with E-state index in [1.54, 1.807) is 19.1 Å². The van der Waals surface area contributed by atoms with Gasteiger partial charge >= 0.3 is 6.03 Å². The fraction of sp³-hybridized carbons (Fsp3) is 0.364. The number of hydrogen-bond donors (Lipinski definition) is 2. The molecule has 1 rings (SSSR count). The lowest BCUT2D eigenvalue weighted by Gasteiger charge is -2.19. The van der Waals surface area contributed by atoms with Gasteiger partial charge in [0.05, 0.1) is 11.8 Å². The number of halogens is 1. The molecule has 0 aromatic heterocycles. The van der Waals surface area contributed by atoms with Gasteiger partial charge in [-0.15, -0.1) is 0 Å². The number of likely N-dealkylation sites (N-methyl/N-ethyl adjacent to an activating group) is 1. The summed E-state index contributed by atoms with van der Waals surface area (Å²) in [7, 11) is 1.53. The average molecular weight is 226 g/mol. The first kappa shape index (κ1) is 12.4. The van der Waals surface area contributed by atoms with E-state index >= 15 is 0 Å². The lowest BCUT2D eigenvalue weighted by molar-refractivity contribution is 0.149. The number of nitrogens with one attached hydrogen (secondary N) is 1. The van der Waals surface area contributed by atoms with Crippen LogP contribution in [0.4, 0.5) is 14.9 Å². The number of aliphatic hydroxyl groups excluding tert-OH is 1. The topological polar surface area (TPSA) is 52.6 Å². The van der Waals surface area contributed by atoms with Crippen LogP contribution in [0.3, 0.4) is 0 Å². The van der Waals surface area contributed by atoms with E-state index in [1.807, 2.05) is 0 Å². The van der Waals surface area contributed by atoms with Crippen LogP contribution in [0, 0.1) is 5.82 Å². The fourth-order valence-corrected chi connectivity index (χ4v) is 1.25. The van der Waals surface area contributed by atoms with Crippen molar-refractivity contribution in [3.63, 3.8) is 0 Å². The molecule has 1 aromatic rings. The van der Waals surface area contributed by atoms with Gasteiger partial charge in [0.2, 0.25) is 0 Å². The minimum atomic E-state index is -0.614. The number of urea groups is 1. The number of para-hydroxylation sites is 1. The van der Waals surface area contributed by atoms with Crippen molar-refractivity contribution in [3.05, 3.63) is 30.1 Å². The molecule has 4 nitrogen and oxygen atoms in total. The summed E-state index contributed by atoms with van der Waals surface area (Å²) in [4.78, 5) is 12.8. The van der Waals surface area contributed by atoms with Crippen LogP contribution in [0.2, 0.25) is 0 Å². The molecule has 0 fully saturated rings. The largest absolute Gasteiger partial charge is 0.392 e. The molecule has 2 N–H and O–H groups in total. The van der Waals surface area contributed by atoms with E-state index < -0.39 is 18.0 Å². The van der Waals surface area contributed by atoms with Crippen molar-refractivity contribution in [3.8, 4) is 0 Å². The first-order valence-electron chi connectivity index (χ1n) is 4.95. The summed E-state index contributed by atoms with van der Waals surface area (Å²) < 4.78 is 13.2. The molecular weight excluding hydrogens is 211 g/mol. The molecule has 1 unspecified atom stereocenters. The highest BCUT2D eigenvalue weighted by atomic mass is 19.1. The Hall–Kier alpha value is -1.62. The maximum atomic E-state index is 13.2. The van der Waals surface area contributed by atoms with E-state index in [9.17, 15) is 9.18 Å². The summed E-state index contributed by atoms with van der Waals surface area (Å²) >= 11 is 0. The number of carbonyl (C=O) groups excluding carboxylic acids is 1. The number of nitrogens with zero attached hydrogens (tertiary/aromatic N) is 1. The van der Waals surface area contributed by atoms with Gasteiger partial charge in [0.15, 0.2) is 0 Å². The van der Waals surface area contributed by atoms with Crippen LogP contribution in [-0.2, 0) is 0 Å². The maximum absolute atomic E-state index is 13.2. The molecule has 1 atom stereocenters. The number of hydrogen-bond acceptors (Lipinski definition) is 2. The molecule has 0 aliphatic rings. The lowest BCUT2D eigenvalue weighted by atomic mass is 10.3. The fourth-order valence-electron chi connectivity index (χ4n) is 1.25. The Labute approximate surface area is 93.7 Å². The first-order chi connectivity index (χ1) is 7.50. The molecule has 88 valence electrons. The zero-order chi connectivity index (χ0) is 12.1. The Morgan fingerprint density at radius 3 is 2.75 bits per heavy atom. The molecule has 2 amide bonds. The highest BCUT2D eigenvalue weighted by Gasteiger charge is 2.12. The highest BCUT2D eigenvalue weighted by molar-refractivity contribution is 5.89. The van der Waals surface area contributed by atoms with Crippen molar-refractivity contribution in [2.75, 3.05) is 18.9 Å². The van der Waals surface area contributed by atoms with Crippen molar-refractivity contribution in [1.29, 1.82) is 0 Å². The van der Waals surface area contributed by atoms with E-state index in [0.717, 1.165) is 0 Å². The maximum Gasteiger partial charge on any atom is 0.321 e. The van der Waals surface area contributed by atoms with Crippen LogP contribution >= 0.6 is 0 Å². The molecule has 1 aromatic carbocycles. The number of amides is 2. The molecule has 0 radical (unpaired) electrons. The van der Waals surface area contributed by atoms with Gasteiger partial charge in [0.25, 0.3) is 0 Å². The molecule has 0 heterocycles. The van der Waals surface area contributed by atoms with E-state index in [-0.39, 0.29) is 12.2 Å². The van der Waals surface area contributed by atoms with Gasteiger partial charge in [-0.1, -0.05) is 12.1 Å². The molecule has 0 aliphatic carbocycles. The van der Waals surface area contributed by atoms with Crippen LogP contribution in [-0.4, -0.2) is 35.7 Å². The van der Waals surface area contributed by atoms with E-state index in [4.69, 9.17) is 5.11 Å². The van der Waals surface area contributed by atoms with Crippen LogP contribution in [0.1, 0.15) is 6.92 Å². The standard InChI is InChI=1S/C11H15FN2O2/c1-8(15)7-14(2)11(16)13-10-6-4-3-5-9(10)12/h3-6,8,15H,7H2,1-2H3,(H,13,16). The van der Waals surface area contributed by atoms with Crippen LogP contribution in [0.5, 0.6) is 0 Å². The Bertz CT molecular complexity index is 369. The van der Waals surface area contributed by atoms with E-state index in [1.165, 1.54) is 24.1 Å². The number of carbonyl (C=O) groups is 1. The van der Waals surface area contributed by atoms with Gasteiger partial charge in [0.1, 0.15) is 5.82 Å². The third-order valence-corrected chi connectivity index (χ3v) is 2.00. The molecule has 5 heteroatoms. The summed E-state index contributed by atoms with van der Waals surface area (Å²) in [6.45, 7) is 1.77. The second-order valence-corrected chi connectivity index (χ2v) is 3.64. The van der Waals surface area contributed by atoms with Gasteiger partial charge in [0, 0.05) is 13.6 Å². The van der Waals surface area contributed by atoms with Crippen molar-refractivity contribution >= 4 is 11.7 Å². The predicted octanol–water partition coefficient (Wildman–Crippen LogP) is 1.67. The quantitative estimate of drug-likeness (QED) is 0.823. The van der Waals surface area contributed by atoms with Crippen molar-refractivity contribution in [2.45, 2.75) is 13.0 Å². The SMILES string of the molecule is CC(O)CN(C)C(=O)Nc1ccccc1F. The zero-order valence-electron chi connectivity index (χ0n) is 9.27. The third kappa shape index (κ3) is 3.51.